The summed E-state index contributed by atoms with van der Waals surface area (Å²) in [5, 5.41) is 0. The predicted octanol–water partition coefficient (Wildman–Crippen LogP) is 2.42. The van der Waals surface area contributed by atoms with Crippen LogP contribution in [0.25, 0.3) is 0 Å². The quantitative estimate of drug-likeness (QED) is 0.798. The van der Waals surface area contributed by atoms with Crippen LogP contribution in [0, 0.1) is 5.41 Å². The summed E-state index contributed by atoms with van der Waals surface area (Å²) in [6, 6.07) is 8.15. The molecule has 0 aromatic heterocycles. The number of piperidine rings is 1. The highest BCUT2D eigenvalue weighted by Gasteiger charge is 2.48. The standard InChI is InChI=1S/C18H24N2O2S/c1-19-10-3-8-18(17(19)22)9-11-20(13-18)16(21)12-14-4-6-15(23-2)7-5-14/h4-7H,3,8-13H2,1-2H3/t18-/m1/s1. The second-order valence-electron chi connectivity index (χ2n) is 6.70. The fourth-order valence-corrected chi connectivity index (χ4v) is 4.17. The van der Waals surface area contributed by atoms with E-state index in [1.807, 2.05) is 35.2 Å². The molecule has 1 spiro atoms. The van der Waals surface area contributed by atoms with Gasteiger partial charge < -0.3 is 9.80 Å². The first-order valence-corrected chi connectivity index (χ1v) is 9.43. The average Bonchev–Trinajstić information content (AvgIpc) is 2.99. The van der Waals surface area contributed by atoms with Crippen molar-refractivity contribution in [1.29, 1.82) is 0 Å². The fraction of sp³-hybridized carbons (Fsp3) is 0.556. The van der Waals surface area contributed by atoms with Crippen LogP contribution in [0.5, 0.6) is 0 Å². The molecular weight excluding hydrogens is 308 g/mol. The Hall–Kier alpha value is -1.49. The number of hydrogen-bond acceptors (Lipinski definition) is 3. The molecule has 0 unspecified atom stereocenters. The fourth-order valence-electron chi connectivity index (χ4n) is 3.76. The Morgan fingerprint density at radius 3 is 2.65 bits per heavy atom. The number of amides is 2. The van der Waals surface area contributed by atoms with Gasteiger partial charge in [-0.15, -0.1) is 11.8 Å². The summed E-state index contributed by atoms with van der Waals surface area (Å²) in [5.41, 5.74) is 0.728. The molecule has 2 saturated heterocycles. The first-order chi connectivity index (χ1) is 11.0. The summed E-state index contributed by atoms with van der Waals surface area (Å²) in [4.78, 5) is 30.0. The van der Waals surface area contributed by atoms with Gasteiger partial charge in [-0.1, -0.05) is 12.1 Å². The van der Waals surface area contributed by atoms with E-state index in [4.69, 9.17) is 0 Å². The first kappa shape index (κ1) is 16.4. The molecule has 4 nitrogen and oxygen atoms in total. The summed E-state index contributed by atoms with van der Waals surface area (Å²) < 4.78 is 0. The molecule has 2 aliphatic rings. The molecule has 0 saturated carbocycles. The molecule has 2 aliphatic heterocycles. The van der Waals surface area contributed by atoms with Crippen LogP contribution in [0.4, 0.5) is 0 Å². The number of hydrogen-bond donors (Lipinski definition) is 0. The Kier molecular flexibility index (Phi) is 4.67. The molecule has 2 amide bonds. The minimum Gasteiger partial charge on any atom is -0.345 e. The molecule has 2 heterocycles. The number of thioether (sulfide) groups is 1. The van der Waals surface area contributed by atoms with Crippen LogP contribution < -0.4 is 0 Å². The number of nitrogens with zero attached hydrogens (tertiary/aromatic N) is 2. The van der Waals surface area contributed by atoms with Crippen molar-refractivity contribution in [3.63, 3.8) is 0 Å². The van der Waals surface area contributed by atoms with E-state index in [0.717, 1.165) is 31.4 Å². The molecule has 2 fully saturated rings. The largest absolute Gasteiger partial charge is 0.345 e. The highest BCUT2D eigenvalue weighted by Crippen LogP contribution is 2.39. The van der Waals surface area contributed by atoms with Crippen LogP contribution >= 0.6 is 11.8 Å². The molecule has 0 radical (unpaired) electrons. The van der Waals surface area contributed by atoms with E-state index in [2.05, 4.69) is 12.1 Å². The van der Waals surface area contributed by atoms with Crippen LogP contribution in [-0.4, -0.2) is 54.6 Å². The molecule has 0 bridgehead atoms. The van der Waals surface area contributed by atoms with E-state index in [9.17, 15) is 9.59 Å². The van der Waals surface area contributed by atoms with Crippen LogP contribution in [0.1, 0.15) is 24.8 Å². The van der Waals surface area contributed by atoms with Crippen LogP contribution in [-0.2, 0) is 16.0 Å². The molecule has 124 valence electrons. The lowest BCUT2D eigenvalue weighted by molar-refractivity contribution is -0.144. The number of benzene rings is 1. The summed E-state index contributed by atoms with van der Waals surface area (Å²) in [7, 11) is 1.88. The minimum absolute atomic E-state index is 0.139. The van der Waals surface area contributed by atoms with Gasteiger partial charge in [-0.05, 0) is 43.2 Å². The SMILES string of the molecule is CSc1ccc(CC(=O)N2CC[C@]3(CCCN(C)C3=O)C2)cc1. The summed E-state index contributed by atoms with van der Waals surface area (Å²) in [5.74, 6) is 0.364. The number of likely N-dealkylation sites (tertiary alicyclic amines) is 2. The Labute approximate surface area is 142 Å². The van der Waals surface area contributed by atoms with Crippen molar-refractivity contribution in [3.05, 3.63) is 29.8 Å². The van der Waals surface area contributed by atoms with Gasteiger partial charge in [0, 0.05) is 31.6 Å². The monoisotopic (exact) mass is 332 g/mol. The lowest BCUT2D eigenvalue weighted by Gasteiger charge is -2.37. The van der Waals surface area contributed by atoms with Gasteiger partial charge in [0.15, 0.2) is 0 Å². The normalized spacial score (nSPS) is 24.5. The second-order valence-corrected chi connectivity index (χ2v) is 7.58. The van der Waals surface area contributed by atoms with Crippen molar-refractivity contribution in [2.45, 2.75) is 30.6 Å². The molecule has 5 heteroatoms. The Morgan fingerprint density at radius 1 is 1.22 bits per heavy atom. The molecular formula is C18H24N2O2S. The first-order valence-electron chi connectivity index (χ1n) is 8.20. The number of carbonyl (C=O) groups excluding carboxylic acids is 2. The third kappa shape index (κ3) is 3.25. The molecule has 0 N–H and O–H groups in total. The average molecular weight is 332 g/mol. The lowest BCUT2D eigenvalue weighted by Crippen LogP contribution is -2.48. The van der Waals surface area contributed by atoms with Crippen molar-refractivity contribution in [2.24, 2.45) is 5.41 Å². The molecule has 1 atom stereocenters. The molecule has 1 aromatic rings. The van der Waals surface area contributed by atoms with Crippen molar-refractivity contribution in [1.82, 2.24) is 9.80 Å². The highest BCUT2D eigenvalue weighted by molar-refractivity contribution is 7.98. The number of carbonyl (C=O) groups is 2. The third-order valence-corrected chi connectivity index (χ3v) is 5.91. The van der Waals surface area contributed by atoms with Crippen molar-refractivity contribution < 1.29 is 9.59 Å². The van der Waals surface area contributed by atoms with Crippen molar-refractivity contribution in [2.75, 3.05) is 32.9 Å². The molecule has 3 rings (SSSR count). The van der Waals surface area contributed by atoms with Gasteiger partial charge in [0.2, 0.25) is 11.8 Å². The van der Waals surface area contributed by atoms with Gasteiger partial charge in [0.25, 0.3) is 0 Å². The zero-order valence-corrected chi connectivity index (χ0v) is 14.7. The van der Waals surface area contributed by atoms with Crippen LogP contribution in [0.2, 0.25) is 0 Å². The zero-order chi connectivity index (χ0) is 16.4. The summed E-state index contributed by atoms with van der Waals surface area (Å²) in [6.07, 6.45) is 5.24. The van der Waals surface area contributed by atoms with E-state index >= 15 is 0 Å². The highest BCUT2D eigenvalue weighted by atomic mass is 32.2. The lowest BCUT2D eigenvalue weighted by atomic mass is 9.78. The maximum Gasteiger partial charge on any atom is 0.230 e. The second kappa shape index (κ2) is 6.56. The van der Waals surface area contributed by atoms with Gasteiger partial charge in [-0.2, -0.15) is 0 Å². The topological polar surface area (TPSA) is 40.6 Å². The van der Waals surface area contributed by atoms with E-state index in [-0.39, 0.29) is 17.2 Å². The van der Waals surface area contributed by atoms with Crippen LogP contribution in [0.3, 0.4) is 0 Å². The van der Waals surface area contributed by atoms with E-state index < -0.39 is 0 Å². The maximum absolute atomic E-state index is 12.6. The zero-order valence-electron chi connectivity index (χ0n) is 13.9. The Balaban J connectivity index is 1.64. The third-order valence-electron chi connectivity index (χ3n) is 5.17. The van der Waals surface area contributed by atoms with Crippen LogP contribution in [0.15, 0.2) is 29.2 Å². The van der Waals surface area contributed by atoms with Crippen molar-refractivity contribution in [3.8, 4) is 0 Å². The summed E-state index contributed by atoms with van der Waals surface area (Å²) >= 11 is 1.70. The maximum atomic E-state index is 12.6. The van der Waals surface area contributed by atoms with Crippen molar-refractivity contribution >= 4 is 23.6 Å². The van der Waals surface area contributed by atoms with E-state index in [1.54, 1.807) is 11.8 Å². The van der Waals surface area contributed by atoms with E-state index in [0.29, 0.717) is 19.5 Å². The van der Waals surface area contributed by atoms with Gasteiger partial charge in [0.1, 0.15) is 0 Å². The Morgan fingerprint density at radius 2 is 1.96 bits per heavy atom. The molecule has 23 heavy (non-hydrogen) atoms. The Bertz CT molecular complexity index is 602. The summed E-state index contributed by atoms with van der Waals surface area (Å²) in [6.45, 7) is 2.15. The van der Waals surface area contributed by atoms with Gasteiger partial charge in [0.05, 0.1) is 11.8 Å². The smallest absolute Gasteiger partial charge is 0.230 e. The minimum atomic E-state index is -0.314. The number of rotatable bonds is 3. The van der Waals surface area contributed by atoms with Gasteiger partial charge in [-0.3, -0.25) is 9.59 Å². The molecule has 1 aromatic carbocycles. The predicted molar refractivity (Wildman–Crippen MR) is 92.4 cm³/mol. The molecule has 0 aliphatic carbocycles. The van der Waals surface area contributed by atoms with Gasteiger partial charge in [-0.25, -0.2) is 0 Å². The van der Waals surface area contributed by atoms with E-state index in [1.165, 1.54) is 4.90 Å². The van der Waals surface area contributed by atoms with Gasteiger partial charge >= 0.3 is 0 Å².